The monoisotopic (exact) mass is 212 g/mol. The third kappa shape index (κ3) is 6.24. The molecule has 11 heavy (non-hydrogen) atoms. The van der Waals surface area contributed by atoms with E-state index in [4.69, 9.17) is 22.5 Å². The number of rotatable bonds is 4. The molecule has 0 saturated heterocycles. The van der Waals surface area contributed by atoms with Gasteiger partial charge in [-0.15, -0.1) is 0 Å². The van der Waals surface area contributed by atoms with Crippen LogP contribution >= 0.6 is 28.6 Å². The van der Waals surface area contributed by atoms with Crippen LogP contribution in [0.2, 0.25) is 0 Å². The van der Waals surface area contributed by atoms with E-state index in [2.05, 4.69) is 17.7 Å². The fraction of sp³-hybridized carbons (Fsp3) is 0. The van der Waals surface area contributed by atoms with Crippen LogP contribution in [0.3, 0.4) is 0 Å². The van der Waals surface area contributed by atoms with Crippen molar-refractivity contribution in [3.63, 3.8) is 0 Å². The van der Waals surface area contributed by atoms with E-state index in [9.17, 15) is 4.57 Å². The third-order valence-corrected chi connectivity index (χ3v) is 1.53. The molecule has 0 aromatic heterocycles. The summed E-state index contributed by atoms with van der Waals surface area (Å²) in [6.45, 7) is 6.78. The molecule has 2 nitrogen and oxygen atoms in total. The van der Waals surface area contributed by atoms with Crippen LogP contribution in [0.1, 0.15) is 0 Å². The summed E-state index contributed by atoms with van der Waals surface area (Å²) in [6.07, 6.45) is 0.715. The molecule has 0 heterocycles. The summed E-state index contributed by atoms with van der Waals surface area (Å²) < 4.78 is 15.2. The first-order valence-corrected chi connectivity index (χ1v) is 6.07. The van der Waals surface area contributed by atoms with E-state index in [1.54, 1.807) is 0 Å². The first-order chi connectivity index (χ1) is 4.99. The second-order valence-corrected chi connectivity index (χ2v) is 5.72. The second-order valence-electron chi connectivity index (χ2n) is 1.51. The van der Waals surface area contributed by atoms with Crippen molar-refractivity contribution in [2.45, 2.75) is 0 Å². The maximum Gasteiger partial charge on any atom is 0.428 e. The molecule has 0 aliphatic carbocycles. The predicted octanol–water partition coefficient (Wildman–Crippen LogP) is 3.84. The van der Waals surface area contributed by atoms with E-state index in [-0.39, 0.29) is 5.76 Å². The summed E-state index contributed by atoms with van der Waals surface area (Å²) in [5.74, 6) is 0.230. The molecule has 0 N–H and O–H groups in total. The largest absolute Gasteiger partial charge is 0.428 e. The summed E-state index contributed by atoms with van der Waals surface area (Å²) in [4.78, 5) is 0. The molecule has 0 saturated carbocycles. The fourth-order valence-electron chi connectivity index (χ4n) is 0.375. The van der Waals surface area contributed by atoms with E-state index in [1.807, 2.05) is 0 Å². The van der Waals surface area contributed by atoms with Gasteiger partial charge < -0.3 is 4.52 Å². The Hall–Kier alpha value is -0.170. The van der Waals surface area contributed by atoms with Gasteiger partial charge in [-0.05, 0) is 12.2 Å². The lowest BCUT2D eigenvalue weighted by Gasteiger charge is -2.04. The quantitative estimate of drug-likeness (QED) is 0.402. The number of allylic oxidation sites excluding steroid dienone is 3. The van der Waals surface area contributed by atoms with E-state index in [0.717, 1.165) is 0 Å². The number of halogens is 2. The summed E-state index contributed by atoms with van der Waals surface area (Å²) in [5.41, 5.74) is 0. The predicted molar refractivity (Wildman–Crippen MR) is 48.9 cm³/mol. The molecule has 0 amide bonds. The maximum atomic E-state index is 10.6. The van der Waals surface area contributed by atoms with E-state index < -0.39 is 6.07 Å². The van der Waals surface area contributed by atoms with Gasteiger partial charge in [-0.25, -0.2) is 4.57 Å². The molecule has 0 bridgehead atoms. The fourth-order valence-corrected chi connectivity index (χ4v) is 1.23. The Balaban J connectivity index is 4.33. The van der Waals surface area contributed by atoms with E-state index in [0.29, 0.717) is 0 Å². The molecule has 0 aromatic rings. The lowest BCUT2D eigenvalue weighted by molar-refractivity contribution is 0.445. The Bertz CT molecular complexity index is 229. The van der Waals surface area contributed by atoms with Crippen molar-refractivity contribution in [2.24, 2.45) is 0 Å². The van der Waals surface area contributed by atoms with Crippen LogP contribution in [0.15, 0.2) is 37.1 Å². The van der Waals surface area contributed by atoms with Crippen LogP contribution in [0, 0.1) is 0 Å². The number of hydrogen-bond donors (Lipinski definition) is 0. The minimum atomic E-state index is -3.51. The molecule has 0 aliphatic heterocycles. The van der Waals surface area contributed by atoms with Crippen molar-refractivity contribution in [2.75, 3.05) is 0 Å². The molecule has 0 unspecified atom stereocenters. The molecule has 0 fully saturated rings. The van der Waals surface area contributed by atoms with Crippen molar-refractivity contribution in [1.29, 1.82) is 0 Å². The number of hydrogen-bond acceptors (Lipinski definition) is 2. The molecule has 62 valence electrons. The normalized spacial score (nSPS) is 12.4. The SMILES string of the molecule is C=C/C=C(\C=C)OP(=O)(Cl)Cl. The Morgan fingerprint density at radius 2 is 2.00 bits per heavy atom. The molecule has 0 atom stereocenters. The Morgan fingerprint density at radius 1 is 1.45 bits per heavy atom. The lowest BCUT2D eigenvalue weighted by atomic mass is 10.4. The molecule has 5 heteroatoms. The van der Waals surface area contributed by atoms with Crippen LogP contribution in [-0.2, 0) is 9.09 Å². The lowest BCUT2D eigenvalue weighted by Crippen LogP contribution is -1.77. The summed E-state index contributed by atoms with van der Waals surface area (Å²) in [6, 6.07) is 0. The average Bonchev–Trinajstić information content (AvgIpc) is 1.84. The van der Waals surface area contributed by atoms with Crippen molar-refractivity contribution >= 4 is 28.6 Å². The summed E-state index contributed by atoms with van der Waals surface area (Å²) in [7, 11) is 0. The van der Waals surface area contributed by atoms with Crippen molar-refractivity contribution in [3.05, 3.63) is 37.1 Å². The van der Waals surface area contributed by atoms with E-state index >= 15 is 0 Å². The van der Waals surface area contributed by atoms with Gasteiger partial charge in [-0.2, -0.15) is 0 Å². The molecule has 0 radical (unpaired) electrons. The Morgan fingerprint density at radius 3 is 2.27 bits per heavy atom. The first kappa shape index (κ1) is 10.8. The van der Waals surface area contributed by atoms with Gasteiger partial charge in [0.1, 0.15) is 5.76 Å². The zero-order valence-corrected chi connectivity index (χ0v) is 8.07. The van der Waals surface area contributed by atoms with Gasteiger partial charge in [0.2, 0.25) is 0 Å². The van der Waals surface area contributed by atoms with Crippen LogP contribution in [0.5, 0.6) is 0 Å². The van der Waals surface area contributed by atoms with Crippen LogP contribution in [0.25, 0.3) is 0 Å². The van der Waals surface area contributed by atoms with Gasteiger partial charge >= 0.3 is 6.07 Å². The topological polar surface area (TPSA) is 26.3 Å². The average molecular weight is 213 g/mol. The van der Waals surface area contributed by atoms with Crippen LogP contribution < -0.4 is 0 Å². The zero-order valence-electron chi connectivity index (χ0n) is 5.67. The highest BCUT2D eigenvalue weighted by Gasteiger charge is 2.15. The minimum Gasteiger partial charge on any atom is -0.422 e. The molecule has 0 rings (SSSR count). The first-order valence-electron chi connectivity index (χ1n) is 2.63. The maximum absolute atomic E-state index is 10.6. The Kier molecular flexibility index (Phi) is 4.58. The van der Waals surface area contributed by atoms with Gasteiger partial charge in [0.15, 0.2) is 0 Å². The molecular weight excluding hydrogens is 206 g/mol. The summed E-state index contributed by atoms with van der Waals surface area (Å²) >= 11 is 10.2. The van der Waals surface area contributed by atoms with Gasteiger partial charge in [0, 0.05) is 22.5 Å². The second kappa shape index (κ2) is 4.66. The van der Waals surface area contributed by atoms with Crippen molar-refractivity contribution < 1.29 is 9.09 Å². The molecule has 0 aliphatic rings. The zero-order chi connectivity index (χ0) is 8.91. The minimum absolute atomic E-state index is 0.230. The van der Waals surface area contributed by atoms with Gasteiger partial charge in [0.25, 0.3) is 0 Å². The molecule has 0 aromatic carbocycles. The van der Waals surface area contributed by atoms with Crippen molar-refractivity contribution in [1.82, 2.24) is 0 Å². The molecule has 0 spiro atoms. The van der Waals surface area contributed by atoms with E-state index in [1.165, 1.54) is 18.2 Å². The van der Waals surface area contributed by atoms with Crippen molar-refractivity contribution in [3.8, 4) is 0 Å². The standard InChI is InChI=1S/C6H7Cl2O2P/c1-3-5-6(4-2)10-11(7,8)9/h3-5H,1-2H2/b6-5+. The van der Waals surface area contributed by atoms with Gasteiger partial charge in [0.05, 0.1) is 0 Å². The Labute approximate surface area is 75.2 Å². The smallest absolute Gasteiger partial charge is 0.422 e. The van der Waals surface area contributed by atoms with Gasteiger partial charge in [-0.1, -0.05) is 19.2 Å². The highest BCUT2D eigenvalue weighted by Crippen LogP contribution is 2.59. The van der Waals surface area contributed by atoms with Crippen LogP contribution in [-0.4, -0.2) is 0 Å². The van der Waals surface area contributed by atoms with Crippen LogP contribution in [0.4, 0.5) is 0 Å². The summed E-state index contributed by atoms with van der Waals surface area (Å²) in [5, 5.41) is 0. The third-order valence-electron chi connectivity index (χ3n) is 0.695. The highest BCUT2D eigenvalue weighted by atomic mass is 35.9. The van der Waals surface area contributed by atoms with Gasteiger partial charge in [-0.3, -0.25) is 0 Å². The highest BCUT2D eigenvalue weighted by molar-refractivity contribution is 8.05. The molecular formula is C6H7Cl2O2P.